The third-order valence-corrected chi connectivity index (χ3v) is 7.74. The van der Waals surface area contributed by atoms with Crippen LogP contribution in [0.2, 0.25) is 0 Å². The normalized spacial score (nSPS) is 31.0. The second-order valence-corrected chi connectivity index (χ2v) is 10.0. The SMILES string of the molecule is O=C(NCCC1CCS(=O)(=O)CC1)NCC1CC1C1CCCC1. The number of carbonyl (C=O) groups excluding carboxylic acids is 1. The average Bonchev–Trinajstić information content (AvgIpc) is 3.08. The van der Waals surface area contributed by atoms with Gasteiger partial charge in [0.2, 0.25) is 0 Å². The van der Waals surface area contributed by atoms with Crippen molar-refractivity contribution >= 4 is 15.9 Å². The van der Waals surface area contributed by atoms with Crippen LogP contribution in [0.25, 0.3) is 0 Å². The van der Waals surface area contributed by atoms with Crippen molar-refractivity contribution in [3.8, 4) is 0 Å². The molecule has 2 saturated carbocycles. The molecule has 3 rings (SSSR count). The third kappa shape index (κ3) is 5.10. The molecule has 0 aromatic heterocycles. The summed E-state index contributed by atoms with van der Waals surface area (Å²) in [5.41, 5.74) is 0. The molecule has 0 aromatic carbocycles. The molecule has 1 saturated heterocycles. The second-order valence-electron chi connectivity index (χ2n) is 7.72. The van der Waals surface area contributed by atoms with E-state index < -0.39 is 9.84 Å². The van der Waals surface area contributed by atoms with E-state index in [1.165, 1.54) is 32.1 Å². The van der Waals surface area contributed by atoms with Crippen molar-refractivity contribution in [3.05, 3.63) is 0 Å². The van der Waals surface area contributed by atoms with Crippen LogP contribution in [-0.4, -0.2) is 39.0 Å². The van der Waals surface area contributed by atoms with Crippen LogP contribution in [-0.2, 0) is 9.84 Å². The lowest BCUT2D eigenvalue weighted by atomic mass is 9.99. The summed E-state index contributed by atoms with van der Waals surface area (Å²) in [6, 6.07) is -0.0643. The molecule has 0 aromatic rings. The molecule has 0 radical (unpaired) electrons. The third-order valence-electron chi connectivity index (χ3n) is 6.02. The Labute approximate surface area is 139 Å². The molecule has 1 heterocycles. The van der Waals surface area contributed by atoms with Crippen molar-refractivity contribution in [3.63, 3.8) is 0 Å². The molecule has 2 N–H and O–H groups in total. The Morgan fingerprint density at radius 3 is 2.39 bits per heavy atom. The highest BCUT2D eigenvalue weighted by Gasteiger charge is 2.43. The number of sulfone groups is 1. The standard InChI is InChI=1S/C17H30N2O3S/c20-17(18-8-5-13-6-9-23(21,22)10-7-13)19-12-15-11-16(15)14-3-1-2-4-14/h13-16H,1-12H2,(H2,18,19,20). The first-order valence-electron chi connectivity index (χ1n) is 9.25. The minimum absolute atomic E-state index is 0.0643. The van der Waals surface area contributed by atoms with Crippen LogP contribution < -0.4 is 10.6 Å². The van der Waals surface area contributed by atoms with E-state index in [1.54, 1.807) is 0 Å². The van der Waals surface area contributed by atoms with Crippen molar-refractivity contribution in [2.45, 2.75) is 51.4 Å². The van der Waals surface area contributed by atoms with E-state index in [4.69, 9.17) is 0 Å². The van der Waals surface area contributed by atoms with Gasteiger partial charge in [-0.05, 0) is 49.4 Å². The van der Waals surface area contributed by atoms with Crippen molar-refractivity contribution < 1.29 is 13.2 Å². The molecule has 132 valence electrons. The Morgan fingerprint density at radius 2 is 1.70 bits per heavy atom. The Balaban J connectivity index is 1.23. The Kier molecular flexibility index (Phi) is 5.49. The van der Waals surface area contributed by atoms with Gasteiger partial charge >= 0.3 is 6.03 Å². The van der Waals surface area contributed by atoms with Crippen molar-refractivity contribution in [2.75, 3.05) is 24.6 Å². The Bertz CT molecular complexity index is 500. The smallest absolute Gasteiger partial charge is 0.314 e. The quantitative estimate of drug-likeness (QED) is 0.778. The highest BCUT2D eigenvalue weighted by atomic mass is 32.2. The molecule has 2 unspecified atom stereocenters. The van der Waals surface area contributed by atoms with Crippen LogP contribution in [0, 0.1) is 23.7 Å². The van der Waals surface area contributed by atoms with Gasteiger partial charge in [0, 0.05) is 13.1 Å². The lowest BCUT2D eigenvalue weighted by molar-refractivity contribution is 0.239. The van der Waals surface area contributed by atoms with Gasteiger partial charge in [0.05, 0.1) is 11.5 Å². The summed E-state index contributed by atoms with van der Waals surface area (Å²) in [6.07, 6.45) is 9.25. The molecular weight excluding hydrogens is 312 g/mol. The molecule has 2 aliphatic carbocycles. The summed E-state index contributed by atoms with van der Waals surface area (Å²) in [4.78, 5) is 11.8. The van der Waals surface area contributed by atoms with Gasteiger partial charge in [-0.3, -0.25) is 0 Å². The highest BCUT2D eigenvalue weighted by Crippen LogP contribution is 2.49. The molecule has 3 fully saturated rings. The summed E-state index contributed by atoms with van der Waals surface area (Å²) < 4.78 is 22.8. The van der Waals surface area contributed by atoms with Crippen LogP contribution in [0.1, 0.15) is 51.4 Å². The van der Waals surface area contributed by atoms with E-state index in [9.17, 15) is 13.2 Å². The van der Waals surface area contributed by atoms with Crippen LogP contribution in [0.4, 0.5) is 4.79 Å². The summed E-state index contributed by atoms with van der Waals surface area (Å²) in [5.74, 6) is 3.55. The fourth-order valence-electron chi connectivity index (χ4n) is 4.37. The first-order chi connectivity index (χ1) is 11.0. The topological polar surface area (TPSA) is 75.3 Å². The maximum atomic E-state index is 11.8. The van der Waals surface area contributed by atoms with Gasteiger partial charge in [0.25, 0.3) is 0 Å². The first-order valence-corrected chi connectivity index (χ1v) is 11.1. The van der Waals surface area contributed by atoms with E-state index in [2.05, 4.69) is 10.6 Å². The zero-order valence-corrected chi connectivity index (χ0v) is 14.7. The maximum absolute atomic E-state index is 11.8. The second kappa shape index (κ2) is 7.41. The lowest BCUT2D eigenvalue weighted by Crippen LogP contribution is -2.38. The van der Waals surface area contributed by atoms with Gasteiger partial charge in [-0.1, -0.05) is 25.7 Å². The van der Waals surface area contributed by atoms with Crippen molar-refractivity contribution in [2.24, 2.45) is 23.7 Å². The van der Waals surface area contributed by atoms with Crippen LogP contribution >= 0.6 is 0 Å². The Morgan fingerprint density at radius 1 is 1.00 bits per heavy atom. The molecule has 23 heavy (non-hydrogen) atoms. The average molecular weight is 343 g/mol. The minimum atomic E-state index is -2.78. The van der Waals surface area contributed by atoms with Gasteiger partial charge in [-0.25, -0.2) is 13.2 Å². The lowest BCUT2D eigenvalue weighted by Gasteiger charge is -2.21. The van der Waals surface area contributed by atoms with Gasteiger partial charge < -0.3 is 10.6 Å². The van der Waals surface area contributed by atoms with Crippen LogP contribution in [0.15, 0.2) is 0 Å². The fourth-order valence-corrected chi connectivity index (χ4v) is 5.96. The summed E-state index contributed by atoms with van der Waals surface area (Å²) in [7, 11) is -2.78. The van der Waals surface area contributed by atoms with E-state index in [-0.39, 0.29) is 6.03 Å². The molecule has 0 bridgehead atoms. The fraction of sp³-hybridized carbons (Fsp3) is 0.941. The van der Waals surface area contributed by atoms with Gasteiger partial charge in [0.1, 0.15) is 9.84 Å². The van der Waals surface area contributed by atoms with E-state index >= 15 is 0 Å². The van der Waals surface area contributed by atoms with Gasteiger partial charge in [-0.15, -0.1) is 0 Å². The largest absolute Gasteiger partial charge is 0.338 e. The van der Waals surface area contributed by atoms with Crippen LogP contribution in [0.3, 0.4) is 0 Å². The van der Waals surface area contributed by atoms with Gasteiger partial charge in [0.15, 0.2) is 0 Å². The number of hydrogen-bond acceptors (Lipinski definition) is 3. The van der Waals surface area contributed by atoms with E-state index in [1.807, 2.05) is 0 Å². The summed E-state index contributed by atoms with van der Waals surface area (Å²) in [6.45, 7) is 1.46. The molecule has 0 spiro atoms. The molecule has 5 nitrogen and oxygen atoms in total. The number of carbonyl (C=O) groups is 1. The summed E-state index contributed by atoms with van der Waals surface area (Å²) in [5, 5.41) is 5.92. The Hall–Kier alpha value is -0.780. The molecule has 1 aliphatic heterocycles. The maximum Gasteiger partial charge on any atom is 0.314 e. The summed E-state index contributed by atoms with van der Waals surface area (Å²) >= 11 is 0. The van der Waals surface area contributed by atoms with Crippen molar-refractivity contribution in [1.82, 2.24) is 10.6 Å². The van der Waals surface area contributed by atoms with Gasteiger partial charge in [-0.2, -0.15) is 0 Å². The van der Waals surface area contributed by atoms with E-state index in [0.29, 0.717) is 29.9 Å². The first kappa shape index (κ1) is 17.1. The molecule has 3 aliphatic rings. The predicted molar refractivity (Wildman–Crippen MR) is 91.0 cm³/mol. The zero-order chi connectivity index (χ0) is 16.3. The molecule has 2 atom stereocenters. The number of amides is 2. The van der Waals surface area contributed by atoms with Crippen LogP contribution in [0.5, 0.6) is 0 Å². The predicted octanol–water partition coefficient (Wildman–Crippen LogP) is 2.33. The minimum Gasteiger partial charge on any atom is -0.338 e. The molecular formula is C17H30N2O3S. The molecule has 2 amide bonds. The highest BCUT2D eigenvalue weighted by molar-refractivity contribution is 7.91. The number of rotatable bonds is 6. The van der Waals surface area contributed by atoms with Crippen molar-refractivity contribution in [1.29, 1.82) is 0 Å². The number of urea groups is 1. The zero-order valence-electron chi connectivity index (χ0n) is 13.9. The van der Waals surface area contributed by atoms with E-state index in [0.717, 1.165) is 37.6 Å². The molecule has 6 heteroatoms. The number of hydrogen-bond donors (Lipinski definition) is 2. The monoisotopic (exact) mass is 342 g/mol. The number of nitrogens with one attached hydrogen (secondary N) is 2.